The quantitative estimate of drug-likeness (QED) is 0.178. The third kappa shape index (κ3) is 9.57. The van der Waals surface area contributed by atoms with E-state index >= 15 is 0 Å². The fourth-order valence-electron chi connectivity index (χ4n) is 3.60. The largest absolute Gasteiger partial charge is 0.479 e. The van der Waals surface area contributed by atoms with Gasteiger partial charge in [0.15, 0.2) is 0 Å². The number of hydrogen-bond acceptors (Lipinski definition) is 6. The zero-order chi connectivity index (χ0) is 31.2. The zero-order valence-corrected chi connectivity index (χ0v) is 22.5. The van der Waals surface area contributed by atoms with Crippen LogP contribution in [0, 0.1) is 0 Å². The van der Waals surface area contributed by atoms with E-state index in [0.717, 1.165) is 0 Å². The fraction of sp³-hybridized carbons (Fsp3) is 0.444. The highest BCUT2D eigenvalue weighted by molar-refractivity contribution is 6.06. The van der Waals surface area contributed by atoms with Crippen LogP contribution in [-0.4, -0.2) is 40.9 Å². The van der Waals surface area contributed by atoms with Gasteiger partial charge in [0.05, 0.1) is 17.7 Å². The number of halogens is 6. The minimum Gasteiger partial charge on any atom is -0.479 e. The molecule has 1 unspecified atom stereocenters. The number of carbonyl (C=O) groups is 3. The van der Waals surface area contributed by atoms with Crippen LogP contribution in [0.25, 0.3) is 0 Å². The summed E-state index contributed by atoms with van der Waals surface area (Å²) in [4.78, 5) is 37.1. The second kappa shape index (κ2) is 12.7. The van der Waals surface area contributed by atoms with Gasteiger partial charge in [-0.25, -0.2) is 14.4 Å². The average Bonchev–Trinajstić information content (AvgIpc) is 2.82. The Morgan fingerprint density at radius 3 is 1.83 bits per heavy atom. The Bertz CT molecular complexity index is 1200. The molecule has 2 aromatic carbocycles. The Morgan fingerprint density at radius 1 is 0.854 bits per heavy atom. The van der Waals surface area contributed by atoms with E-state index in [9.17, 15) is 45.8 Å². The van der Waals surface area contributed by atoms with E-state index < -0.39 is 58.4 Å². The van der Waals surface area contributed by atoms with Crippen LogP contribution < -0.4 is 10.1 Å². The van der Waals surface area contributed by atoms with Gasteiger partial charge in [-0.05, 0) is 82.9 Å². The summed E-state index contributed by atoms with van der Waals surface area (Å²) in [6.07, 6.45) is -11.4. The number of aliphatic carboxylic acids is 1. The molecule has 8 nitrogen and oxygen atoms in total. The standard InChI is InChI=1S/C27H29F6NO7/c1-5-39-22(37)25(21(35)36,34-23(38)41-24(2,3)4)12-6-7-16-8-10-19(11-9-16)40-20-14-17(26(28,29)30)13-18(15-20)27(31,32)33/h8-11,13-15H,5-7,12H2,1-4H3,(H,34,38)(H,35,36). The minimum atomic E-state index is -5.03. The highest BCUT2D eigenvalue weighted by atomic mass is 19.4. The van der Waals surface area contributed by atoms with E-state index in [1.54, 1.807) is 20.8 Å². The number of rotatable bonds is 10. The van der Waals surface area contributed by atoms with Crippen LogP contribution in [0.5, 0.6) is 11.5 Å². The van der Waals surface area contributed by atoms with Crippen LogP contribution in [0.15, 0.2) is 42.5 Å². The molecule has 2 aromatic rings. The van der Waals surface area contributed by atoms with Crippen molar-refractivity contribution in [1.29, 1.82) is 0 Å². The highest BCUT2D eigenvalue weighted by Gasteiger charge is 2.49. The van der Waals surface area contributed by atoms with Crippen molar-refractivity contribution in [1.82, 2.24) is 5.32 Å². The molecule has 0 radical (unpaired) electrons. The van der Waals surface area contributed by atoms with Gasteiger partial charge >= 0.3 is 30.4 Å². The predicted octanol–water partition coefficient (Wildman–Crippen LogP) is 6.75. The molecule has 0 aliphatic carbocycles. The maximum absolute atomic E-state index is 13.1. The van der Waals surface area contributed by atoms with E-state index in [1.165, 1.54) is 31.2 Å². The van der Waals surface area contributed by atoms with Gasteiger partial charge in [0.2, 0.25) is 5.54 Å². The summed E-state index contributed by atoms with van der Waals surface area (Å²) in [6.45, 7) is 5.96. The summed E-state index contributed by atoms with van der Waals surface area (Å²) in [6, 6.07) is 6.41. The molecule has 2 rings (SSSR count). The molecule has 0 aliphatic rings. The van der Waals surface area contributed by atoms with Crippen molar-refractivity contribution < 1.29 is 60.0 Å². The number of carboxylic acids is 1. The maximum atomic E-state index is 13.1. The number of alkyl carbamates (subject to hydrolysis) is 1. The molecule has 14 heteroatoms. The lowest BCUT2D eigenvalue weighted by atomic mass is 9.91. The molecule has 0 saturated heterocycles. The molecule has 0 fully saturated rings. The average molecular weight is 594 g/mol. The van der Waals surface area contributed by atoms with Crippen molar-refractivity contribution >= 4 is 18.0 Å². The van der Waals surface area contributed by atoms with Crippen LogP contribution in [-0.2, 0) is 37.8 Å². The first kappa shape index (κ1) is 33.2. The zero-order valence-electron chi connectivity index (χ0n) is 22.5. The van der Waals surface area contributed by atoms with Gasteiger partial charge in [-0.1, -0.05) is 12.1 Å². The Morgan fingerprint density at radius 2 is 1.39 bits per heavy atom. The van der Waals surface area contributed by atoms with Crippen molar-refractivity contribution in [2.24, 2.45) is 0 Å². The molecule has 226 valence electrons. The number of amides is 1. The van der Waals surface area contributed by atoms with Gasteiger partial charge in [0.25, 0.3) is 0 Å². The Kier molecular flexibility index (Phi) is 10.3. The molecular weight excluding hydrogens is 564 g/mol. The molecule has 1 amide bonds. The molecule has 0 heterocycles. The minimum absolute atomic E-state index is 0.0128. The number of alkyl halides is 6. The summed E-state index contributed by atoms with van der Waals surface area (Å²) in [7, 11) is 0. The second-order valence-electron chi connectivity index (χ2n) is 9.90. The van der Waals surface area contributed by atoms with Gasteiger partial charge in [-0.3, -0.25) is 5.32 Å². The van der Waals surface area contributed by atoms with Gasteiger partial charge < -0.3 is 19.3 Å². The van der Waals surface area contributed by atoms with Gasteiger partial charge in [0.1, 0.15) is 17.1 Å². The third-order valence-corrected chi connectivity index (χ3v) is 5.44. The van der Waals surface area contributed by atoms with E-state index in [4.69, 9.17) is 14.2 Å². The van der Waals surface area contributed by atoms with Crippen LogP contribution >= 0.6 is 0 Å². The van der Waals surface area contributed by atoms with E-state index in [1.807, 2.05) is 0 Å². The number of nitrogens with one attached hydrogen (secondary N) is 1. The van der Waals surface area contributed by atoms with Crippen molar-refractivity contribution in [3.63, 3.8) is 0 Å². The topological polar surface area (TPSA) is 111 Å². The fourth-order valence-corrected chi connectivity index (χ4v) is 3.60. The van der Waals surface area contributed by atoms with Crippen LogP contribution in [0.2, 0.25) is 0 Å². The lowest BCUT2D eigenvalue weighted by Gasteiger charge is -2.29. The number of benzene rings is 2. The first-order valence-corrected chi connectivity index (χ1v) is 12.2. The Balaban J connectivity index is 2.19. The smallest absolute Gasteiger partial charge is 0.416 e. The third-order valence-electron chi connectivity index (χ3n) is 5.44. The highest BCUT2D eigenvalue weighted by Crippen LogP contribution is 2.39. The number of aryl methyl sites for hydroxylation is 1. The van der Waals surface area contributed by atoms with Crippen LogP contribution in [0.3, 0.4) is 0 Å². The summed E-state index contributed by atoms with van der Waals surface area (Å²) in [5.74, 6) is -3.58. The lowest BCUT2D eigenvalue weighted by Crippen LogP contribution is -2.61. The number of hydrogen-bond donors (Lipinski definition) is 2. The number of carboxylic acid groups (broad SMARTS) is 1. The van der Waals surface area contributed by atoms with E-state index in [2.05, 4.69) is 5.32 Å². The summed E-state index contributed by atoms with van der Waals surface area (Å²) < 4.78 is 93.8. The van der Waals surface area contributed by atoms with E-state index in [-0.39, 0.29) is 37.7 Å². The molecule has 1 atom stereocenters. The van der Waals surface area contributed by atoms with Crippen molar-refractivity contribution in [3.8, 4) is 11.5 Å². The number of ether oxygens (including phenoxy) is 3. The second-order valence-corrected chi connectivity index (χ2v) is 9.90. The van der Waals surface area contributed by atoms with Gasteiger partial charge in [-0.2, -0.15) is 26.3 Å². The maximum Gasteiger partial charge on any atom is 0.416 e. The normalized spacial score (nSPS) is 13.6. The van der Waals surface area contributed by atoms with Crippen molar-refractivity contribution in [3.05, 3.63) is 59.2 Å². The molecule has 0 aromatic heterocycles. The molecule has 0 aliphatic heterocycles. The van der Waals surface area contributed by atoms with Gasteiger partial charge in [-0.15, -0.1) is 0 Å². The summed E-state index contributed by atoms with van der Waals surface area (Å²) in [5, 5.41) is 12.0. The molecule has 2 N–H and O–H groups in total. The molecule has 41 heavy (non-hydrogen) atoms. The Labute approximate surface area is 231 Å². The first-order chi connectivity index (χ1) is 18.8. The molecular formula is C27H29F6NO7. The van der Waals surface area contributed by atoms with Crippen molar-refractivity contribution in [2.45, 2.75) is 70.4 Å². The molecule has 0 saturated carbocycles. The predicted molar refractivity (Wildman–Crippen MR) is 132 cm³/mol. The monoisotopic (exact) mass is 593 g/mol. The SMILES string of the molecule is CCOC(=O)C(CCCc1ccc(Oc2cc(C(F)(F)F)cc(C(F)(F)F)c2)cc1)(NC(=O)OC(C)(C)C)C(=O)O. The summed E-state index contributed by atoms with van der Waals surface area (Å²) >= 11 is 0. The lowest BCUT2D eigenvalue weighted by molar-refractivity contribution is -0.163. The van der Waals surface area contributed by atoms with Crippen LogP contribution in [0.4, 0.5) is 31.1 Å². The first-order valence-electron chi connectivity index (χ1n) is 12.2. The Hall–Kier alpha value is -3.97. The van der Waals surface area contributed by atoms with Crippen molar-refractivity contribution in [2.75, 3.05) is 6.61 Å². The molecule has 0 bridgehead atoms. The summed E-state index contributed by atoms with van der Waals surface area (Å²) in [5.41, 5.74) is -5.90. The number of esters is 1. The van der Waals surface area contributed by atoms with Gasteiger partial charge in [0, 0.05) is 0 Å². The molecule has 0 spiro atoms. The number of carbonyl (C=O) groups excluding carboxylic acids is 2. The van der Waals surface area contributed by atoms with Crippen LogP contribution in [0.1, 0.15) is 57.2 Å². The van der Waals surface area contributed by atoms with E-state index in [0.29, 0.717) is 17.7 Å².